The maximum absolute atomic E-state index is 12.8. The van der Waals surface area contributed by atoms with Crippen LogP contribution in [0.3, 0.4) is 0 Å². The van der Waals surface area contributed by atoms with E-state index in [1.807, 2.05) is 0 Å². The molecule has 0 unspecified atom stereocenters. The van der Waals surface area contributed by atoms with E-state index in [-0.39, 0.29) is 17.2 Å². The van der Waals surface area contributed by atoms with Gasteiger partial charge in [0, 0.05) is 5.88 Å². The molecule has 0 aliphatic carbocycles. The van der Waals surface area contributed by atoms with Crippen molar-refractivity contribution < 1.29 is 17.9 Å². The zero-order chi connectivity index (χ0) is 13.9. The molecule has 0 aromatic heterocycles. The summed E-state index contributed by atoms with van der Waals surface area (Å²) in [4.78, 5) is 0. The molecule has 0 aliphatic heterocycles. The summed E-state index contributed by atoms with van der Waals surface area (Å²) in [6, 6.07) is 12.4. The molecule has 0 bridgehead atoms. The second-order valence-corrected chi connectivity index (χ2v) is 4.13. The topological polar surface area (TPSA) is 9.23 Å². The van der Waals surface area contributed by atoms with Crippen molar-refractivity contribution in [1.82, 2.24) is 0 Å². The summed E-state index contributed by atoms with van der Waals surface area (Å²) in [5.74, 6) is 0.419. The van der Waals surface area contributed by atoms with E-state index in [4.69, 9.17) is 16.3 Å². The molecule has 0 radical (unpaired) electrons. The third kappa shape index (κ3) is 3.41. The summed E-state index contributed by atoms with van der Waals surface area (Å²) in [6.07, 6.45) is -4.44. The third-order valence-electron chi connectivity index (χ3n) is 2.51. The van der Waals surface area contributed by atoms with E-state index >= 15 is 0 Å². The fourth-order valence-corrected chi connectivity index (χ4v) is 1.86. The lowest BCUT2D eigenvalue weighted by Gasteiger charge is -2.13. The molecule has 19 heavy (non-hydrogen) atoms. The van der Waals surface area contributed by atoms with Gasteiger partial charge in [0.05, 0.1) is 5.56 Å². The lowest BCUT2D eigenvalue weighted by atomic mass is 10.1. The van der Waals surface area contributed by atoms with Gasteiger partial charge in [0.15, 0.2) is 0 Å². The first kappa shape index (κ1) is 13.7. The fourth-order valence-electron chi connectivity index (χ4n) is 1.62. The van der Waals surface area contributed by atoms with Gasteiger partial charge in [-0.3, -0.25) is 0 Å². The summed E-state index contributed by atoms with van der Waals surface area (Å²) in [7, 11) is 0. The predicted octanol–water partition coefficient (Wildman–Crippen LogP) is 5.24. The fraction of sp³-hybridized carbons (Fsp3) is 0.143. The van der Waals surface area contributed by atoms with E-state index in [2.05, 4.69) is 0 Å². The standard InChI is InChI=1S/C14H10ClF3O/c15-9-10-6-7-12(8-13(10)14(16,17)18)19-11-4-2-1-3-5-11/h1-8H,9H2. The summed E-state index contributed by atoms with van der Waals surface area (Å²) in [5, 5.41) is 0. The molecule has 2 aromatic rings. The molecule has 0 aliphatic rings. The number of hydrogen-bond acceptors (Lipinski definition) is 1. The summed E-state index contributed by atoms with van der Waals surface area (Å²) in [5.41, 5.74) is -0.731. The van der Waals surface area contributed by atoms with Crippen molar-refractivity contribution in [1.29, 1.82) is 0 Å². The molecular weight excluding hydrogens is 277 g/mol. The van der Waals surface area contributed by atoms with Crippen molar-refractivity contribution in [2.24, 2.45) is 0 Å². The molecule has 0 atom stereocenters. The van der Waals surface area contributed by atoms with Crippen molar-refractivity contribution >= 4 is 11.6 Å². The van der Waals surface area contributed by atoms with Crippen LogP contribution in [0, 0.1) is 0 Å². The minimum atomic E-state index is -4.44. The van der Waals surface area contributed by atoms with Gasteiger partial charge in [-0.1, -0.05) is 24.3 Å². The first-order chi connectivity index (χ1) is 9.00. The number of para-hydroxylation sites is 1. The van der Waals surface area contributed by atoms with E-state index in [1.54, 1.807) is 30.3 Å². The Labute approximate surface area is 113 Å². The molecule has 2 aromatic carbocycles. The van der Waals surface area contributed by atoms with Crippen LogP contribution in [0.25, 0.3) is 0 Å². The van der Waals surface area contributed by atoms with Gasteiger partial charge >= 0.3 is 6.18 Å². The highest BCUT2D eigenvalue weighted by molar-refractivity contribution is 6.17. The maximum atomic E-state index is 12.8. The van der Waals surface area contributed by atoms with Gasteiger partial charge in [0.2, 0.25) is 0 Å². The largest absolute Gasteiger partial charge is 0.457 e. The number of hydrogen-bond donors (Lipinski definition) is 0. The Morgan fingerprint density at radius 1 is 0.947 bits per heavy atom. The molecule has 0 fully saturated rings. The smallest absolute Gasteiger partial charge is 0.416 e. The molecule has 0 heterocycles. The van der Waals surface area contributed by atoms with Gasteiger partial charge < -0.3 is 4.74 Å². The van der Waals surface area contributed by atoms with E-state index in [1.165, 1.54) is 12.1 Å². The van der Waals surface area contributed by atoms with Gasteiger partial charge in [-0.2, -0.15) is 13.2 Å². The highest BCUT2D eigenvalue weighted by Gasteiger charge is 2.33. The van der Waals surface area contributed by atoms with E-state index in [0.717, 1.165) is 6.07 Å². The van der Waals surface area contributed by atoms with Crippen LogP contribution >= 0.6 is 11.6 Å². The van der Waals surface area contributed by atoms with Crippen LogP contribution < -0.4 is 4.74 Å². The quantitative estimate of drug-likeness (QED) is 0.701. The van der Waals surface area contributed by atoms with Crippen LogP contribution in [0.4, 0.5) is 13.2 Å². The molecule has 0 spiro atoms. The number of halogens is 4. The minimum absolute atomic E-state index is 0.0366. The SMILES string of the molecule is FC(F)(F)c1cc(Oc2ccccc2)ccc1CCl. The lowest BCUT2D eigenvalue weighted by molar-refractivity contribution is -0.138. The molecule has 5 heteroatoms. The molecule has 0 N–H and O–H groups in total. The van der Waals surface area contributed by atoms with E-state index in [9.17, 15) is 13.2 Å². The number of benzene rings is 2. The highest BCUT2D eigenvalue weighted by Crippen LogP contribution is 2.36. The van der Waals surface area contributed by atoms with Gasteiger partial charge in [-0.25, -0.2) is 0 Å². The molecule has 1 nitrogen and oxygen atoms in total. The monoisotopic (exact) mass is 286 g/mol. The van der Waals surface area contributed by atoms with E-state index in [0.29, 0.717) is 5.75 Å². The number of ether oxygens (including phenoxy) is 1. The van der Waals surface area contributed by atoms with Crippen molar-refractivity contribution in [3.8, 4) is 11.5 Å². The van der Waals surface area contributed by atoms with Crippen LogP contribution in [-0.2, 0) is 12.1 Å². The Bertz CT molecular complexity index is 552. The molecule has 0 saturated heterocycles. The maximum Gasteiger partial charge on any atom is 0.416 e. The van der Waals surface area contributed by atoms with Crippen LogP contribution in [0.15, 0.2) is 48.5 Å². The zero-order valence-corrected chi connectivity index (χ0v) is 10.5. The highest BCUT2D eigenvalue weighted by atomic mass is 35.5. The van der Waals surface area contributed by atoms with Crippen LogP contribution in [0.5, 0.6) is 11.5 Å². The van der Waals surface area contributed by atoms with Crippen LogP contribution in [0.2, 0.25) is 0 Å². The normalized spacial score (nSPS) is 11.4. The van der Waals surface area contributed by atoms with Gasteiger partial charge in [-0.15, -0.1) is 11.6 Å². The molecular formula is C14H10ClF3O. The summed E-state index contributed by atoms with van der Waals surface area (Å²) < 4.78 is 43.9. The zero-order valence-electron chi connectivity index (χ0n) is 9.75. The Morgan fingerprint density at radius 2 is 1.63 bits per heavy atom. The second kappa shape index (κ2) is 5.53. The Balaban J connectivity index is 2.33. The summed E-state index contributed by atoms with van der Waals surface area (Å²) in [6.45, 7) is 0. The first-order valence-electron chi connectivity index (χ1n) is 5.49. The summed E-state index contributed by atoms with van der Waals surface area (Å²) >= 11 is 5.51. The van der Waals surface area contributed by atoms with Crippen molar-refractivity contribution in [3.05, 3.63) is 59.7 Å². The van der Waals surface area contributed by atoms with Crippen LogP contribution in [0.1, 0.15) is 11.1 Å². The Hall–Kier alpha value is -1.68. The molecule has 0 saturated carbocycles. The van der Waals surface area contributed by atoms with Gasteiger partial charge in [0.25, 0.3) is 0 Å². The average molecular weight is 287 g/mol. The number of rotatable bonds is 3. The third-order valence-corrected chi connectivity index (χ3v) is 2.80. The van der Waals surface area contributed by atoms with E-state index < -0.39 is 11.7 Å². The van der Waals surface area contributed by atoms with Gasteiger partial charge in [-0.05, 0) is 29.8 Å². The average Bonchev–Trinajstić information content (AvgIpc) is 2.39. The Morgan fingerprint density at radius 3 is 2.21 bits per heavy atom. The van der Waals surface area contributed by atoms with Crippen LogP contribution in [-0.4, -0.2) is 0 Å². The molecule has 0 amide bonds. The Kier molecular flexibility index (Phi) is 4.00. The number of alkyl halides is 4. The molecule has 100 valence electrons. The van der Waals surface area contributed by atoms with Crippen molar-refractivity contribution in [2.75, 3.05) is 0 Å². The second-order valence-electron chi connectivity index (χ2n) is 3.87. The van der Waals surface area contributed by atoms with Crippen molar-refractivity contribution in [2.45, 2.75) is 12.1 Å². The first-order valence-corrected chi connectivity index (χ1v) is 6.03. The predicted molar refractivity (Wildman–Crippen MR) is 67.5 cm³/mol. The lowest BCUT2D eigenvalue weighted by Crippen LogP contribution is -2.08. The molecule has 2 rings (SSSR count). The van der Waals surface area contributed by atoms with Crippen molar-refractivity contribution in [3.63, 3.8) is 0 Å². The minimum Gasteiger partial charge on any atom is -0.457 e. The van der Waals surface area contributed by atoms with Gasteiger partial charge in [0.1, 0.15) is 11.5 Å².